The van der Waals surface area contributed by atoms with E-state index < -0.39 is 0 Å². The van der Waals surface area contributed by atoms with E-state index in [-0.39, 0.29) is 11.7 Å². The number of rotatable bonds is 5. The summed E-state index contributed by atoms with van der Waals surface area (Å²) >= 11 is 0. The lowest BCUT2D eigenvalue weighted by Gasteiger charge is -2.17. The molecule has 27 heavy (non-hydrogen) atoms. The van der Waals surface area contributed by atoms with Crippen molar-refractivity contribution in [3.8, 4) is 6.07 Å². The van der Waals surface area contributed by atoms with E-state index in [1.54, 1.807) is 0 Å². The number of para-hydroxylation sites is 1. The fourth-order valence-corrected chi connectivity index (χ4v) is 3.51. The number of carbonyl (C=O) groups excluding carboxylic acids is 1. The van der Waals surface area contributed by atoms with Gasteiger partial charge in [0.15, 0.2) is 5.78 Å². The monoisotopic (exact) mass is 350 g/mol. The Morgan fingerprint density at radius 1 is 0.926 bits per heavy atom. The quantitative estimate of drug-likeness (QED) is 0.487. The number of Topliss-reactive ketones (excluding diaryl/α,β-unsaturated/α-hetero) is 1. The molecule has 3 heteroatoms. The van der Waals surface area contributed by atoms with E-state index in [0.29, 0.717) is 12.0 Å². The van der Waals surface area contributed by atoms with Crippen LogP contribution in [0.15, 0.2) is 85.1 Å². The average molecular weight is 350 g/mol. The molecule has 130 valence electrons. The van der Waals surface area contributed by atoms with Gasteiger partial charge < -0.3 is 4.98 Å². The van der Waals surface area contributed by atoms with E-state index in [4.69, 9.17) is 5.26 Å². The number of aromatic nitrogens is 1. The van der Waals surface area contributed by atoms with Gasteiger partial charge in [0.2, 0.25) is 0 Å². The van der Waals surface area contributed by atoms with Crippen LogP contribution in [0, 0.1) is 11.3 Å². The summed E-state index contributed by atoms with van der Waals surface area (Å²) in [7, 11) is 0. The predicted octanol–water partition coefficient (Wildman–Crippen LogP) is 5.44. The van der Waals surface area contributed by atoms with Crippen molar-refractivity contribution in [1.82, 2.24) is 4.98 Å². The van der Waals surface area contributed by atoms with Crippen molar-refractivity contribution in [2.24, 2.45) is 0 Å². The Hall–Kier alpha value is -3.64. The molecule has 3 aromatic carbocycles. The number of benzene rings is 3. The molecule has 0 aliphatic heterocycles. The standard InChI is InChI=1S/C24H18N2O/c25-15-17-10-12-18(13-11-17)21(14-24(27)19-6-2-1-3-7-19)22-16-26-23-9-5-4-8-20(22)23/h1-13,16,21,26H,14H2/t21-/m1/s1. The summed E-state index contributed by atoms with van der Waals surface area (Å²) in [6.07, 6.45) is 2.36. The Balaban J connectivity index is 1.77. The number of nitrogens with one attached hydrogen (secondary N) is 1. The maximum atomic E-state index is 12.9. The van der Waals surface area contributed by atoms with Gasteiger partial charge in [-0.1, -0.05) is 60.7 Å². The summed E-state index contributed by atoms with van der Waals surface area (Å²) in [5.74, 6) is 0.0249. The lowest BCUT2D eigenvalue weighted by atomic mass is 9.85. The van der Waals surface area contributed by atoms with E-state index >= 15 is 0 Å². The first-order valence-electron chi connectivity index (χ1n) is 8.90. The van der Waals surface area contributed by atoms with Crippen LogP contribution in [0.2, 0.25) is 0 Å². The number of H-pyrrole nitrogens is 1. The molecule has 0 unspecified atom stereocenters. The fourth-order valence-electron chi connectivity index (χ4n) is 3.51. The number of nitriles is 1. The minimum Gasteiger partial charge on any atom is -0.361 e. The number of ketones is 1. The Bertz CT molecular complexity index is 1120. The minimum atomic E-state index is -0.0819. The maximum Gasteiger partial charge on any atom is 0.163 e. The molecule has 1 atom stereocenters. The third kappa shape index (κ3) is 3.38. The van der Waals surface area contributed by atoms with Crippen LogP contribution in [0.1, 0.15) is 39.4 Å². The van der Waals surface area contributed by atoms with Crippen LogP contribution >= 0.6 is 0 Å². The summed E-state index contributed by atoms with van der Waals surface area (Å²) in [5.41, 5.74) is 4.52. The zero-order valence-corrected chi connectivity index (χ0v) is 14.7. The SMILES string of the molecule is N#Cc1ccc([C@@H](CC(=O)c2ccccc2)c2c[nH]c3ccccc23)cc1. The smallest absolute Gasteiger partial charge is 0.163 e. The van der Waals surface area contributed by atoms with E-state index in [1.165, 1.54) is 0 Å². The van der Waals surface area contributed by atoms with Crippen molar-refractivity contribution >= 4 is 16.7 Å². The van der Waals surface area contributed by atoms with Crippen molar-refractivity contribution in [2.75, 3.05) is 0 Å². The van der Waals surface area contributed by atoms with Crippen molar-refractivity contribution in [2.45, 2.75) is 12.3 Å². The van der Waals surface area contributed by atoms with Gasteiger partial charge in [-0.25, -0.2) is 0 Å². The van der Waals surface area contributed by atoms with Crippen LogP contribution in [-0.2, 0) is 0 Å². The van der Waals surface area contributed by atoms with Crippen molar-refractivity contribution in [3.63, 3.8) is 0 Å². The zero-order chi connectivity index (χ0) is 18.6. The van der Waals surface area contributed by atoms with Crippen molar-refractivity contribution in [3.05, 3.63) is 107 Å². The molecule has 4 rings (SSSR count). The highest BCUT2D eigenvalue weighted by Gasteiger charge is 2.22. The Morgan fingerprint density at radius 2 is 1.63 bits per heavy atom. The Labute approximate surface area is 157 Å². The molecule has 3 nitrogen and oxygen atoms in total. The molecule has 4 aromatic rings. The second-order valence-electron chi connectivity index (χ2n) is 6.57. The summed E-state index contributed by atoms with van der Waals surface area (Å²) in [5, 5.41) is 10.2. The molecule has 0 fully saturated rings. The van der Waals surface area contributed by atoms with Gasteiger partial charge in [-0.3, -0.25) is 4.79 Å². The molecule has 0 spiro atoms. The number of fused-ring (bicyclic) bond motifs is 1. The van der Waals surface area contributed by atoms with Gasteiger partial charge in [0.05, 0.1) is 11.6 Å². The predicted molar refractivity (Wildman–Crippen MR) is 107 cm³/mol. The topological polar surface area (TPSA) is 56.6 Å². The second-order valence-corrected chi connectivity index (χ2v) is 6.57. The van der Waals surface area contributed by atoms with Gasteiger partial charge in [0.1, 0.15) is 0 Å². The van der Waals surface area contributed by atoms with Gasteiger partial charge >= 0.3 is 0 Å². The number of carbonyl (C=O) groups is 1. The van der Waals surface area contributed by atoms with Crippen LogP contribution in [0.25, 0.3) is 10.9 Å². The normalized spacial score (nSPS) is 11.8. The van der Waals surface area contributed by atoms with E-state index in [2.05, 4.69) is 17.1 Å². The summed E-state index contributed by atoms with van der Waals surface area (Å²) < 4.78 is 0. The van der Waals surface area contributed by atoms with Crippen LogP contribution in [-0.4, -0.2) is 10.8 Å². The summed E-state index contributed by atoms with van der Waals surface area (Å²) in [6.45, 7) is 0. The van der Waals surface area contributed by atoms with Gasteiger partial charge in [-0.05, 0) is 29.3 Å². The molecule has 1 N–H and O–H groups in total. The molecule has 0 saturated heterocycles. The second kappa shape index (κ2) is 7.31. The highest BCUT2D eigenvalue weighted by Crippen LogP contribution is 2.34. The number of hydrogen-bond acceptors (Lipinski definition) is 2. The lowest BCUT2D eigenvalue weighted by Crippen LogP contribution is -2.09. The maximum absolute atomic E-state index is 12.9. The first-order chi connectivity index (χ1) is 13.3. The van der Waals surface area contributed by atoms with Crippen molar-refractivity contribution < 1.29 is 4.79 Å². The van der Waals surface area contributed by atoms with Crippen LogP contribution < -0.4 is 0 Å². The molecule has 0 bridgehead atoms. The highest BCUT2D eigenvalue weighted by atomic mass is 16.1. The van der Waals surface area contributed by atoms with Crippen LogP contribution in [0.3, 0.4) is 0 Å². The summed E-state index contributed by atoms with van der Waals surface area (Å²) in [6, 6.07) is 27.2. The number of nitrogens with zero attached hydrogens (tertiary/aromatic N) is 1. The largest absolute Gasteiger partial charge is 0.361 e. The number of hydrogen-bond donors (Lipinski definition) is 1. The fraction of sp³-hybridized carbons (Fsp3) is 0.0833. The molecule has 0 aliphatic rings. The van der Waals surface area contributed by atoms with Gasteiger partial charge in [0.25, 0.3) is 0 Å². The van der Waals surface area contributed by atoms with Crippen LogP contribution in [0.5, 0.6) is 0 Å². The van der Waals surface area contributed by atoms with E-state index in [9.17, 15) is 4.79 Å². The van der Waals surface area contributed by atoms with Crippen LogP contribution in [0.4, 0.5) is 0 Å². The molecular weight excluding hydrogens is 332 g/mol. The molecule has 0 aliphatic carbocycles. The van der Waals surface area contributed by atoms with Gasteiger partial charge in [0, 0.05) is 35.0 Å². The highest BCUT2D eigenvalue weighted by molar-refractivity contribution is 5.97. The first kappa shape index (κ1) is 16.8. The molecule has 0 radical (unpaired) electrons. The zero-order valence-electron chi connectivity index (χ0n) is 14.7. The Morgan fingerprint density at radius 3 is 2.37 bits per heavy atom. The summed E-state index contributed by atoms with van der Waals surface area (Å²) in [4.78, 5) is 16.2. The van der Waals surface area contributed by atoms with E-state index in [0.717, 1.165) is 27.6 Å². The van der Waals surface area contributed by atoms with Gasteiger partial charge in [-0.15, -0.1) is 0 Å². The molecule has 0 amide bonds. The Kier molecular flexibility index (Phi) is 4.55. The molecule has 1 heterocycles. The third-order valence-electron chi connectivity index (χ3n) is 4.92. The first-order valence-corrected chi connectivity index (χ1v) is 8.90. The van der Waals surface area contributed by atoms with Crippen molar-refractivity contribution in [1.29, 1.82) is 5.26 Å². The molecule has 1 aromatic heterocycles. The molecule has 0 saturated carbocycles. The number of aromatic amines is 1. The van der Waals surface area contributed by atoms with Gasteiger partial charge in [-0.2, -0.15) is 5.26 Å². The van der Waals surface area contributed by atoms with E-state index in [1.807, 2.05) is 79.0 Å². The lowest BCUT2D eigenvalue weighted by molar-refractivity contribution is 0.0978. The molecular formula is C24H18N2O. The third-order valence-corrected chi connectivity index (χ3v) is 4.92. The minimum absolute atomic E-state index is 0.0819. The average Bonchev–Trinajstić information content (AvgIpc) is 3.16.